The molecule has 2 aromatic carbocycles. The topological polar surface area (TPSA) is 52.9 Å². The van der Waals surface area contributed by atoms with Crippen LogP contribution in [0.2, 0.25) is 5.02 Å². The van der Waals surface area contributed by atoms with Gasteiger partial charge in [-0.15, -0.1) is 0 Å². The highest BCUT2D eigenvalue weighted by molar-refractivity contribution is 6.34. The van der Waals surface area contributed by atoms with E-state index in [2.05, 4.69) is 5.32 Å². The lowest BCUT2D eigenvalue weighted by atomic mass is 10.1. The maximum atomic E-state index is 13.2. The molecule has 5 heteroatoms. The van der Waals surface area contributed by atoms with Crippen LogP contribution in [-0.4, -0.2) is 5.91 Å². The minimum atomic E-state index is -0.572. The number of carbonyl (C=O) groups is 1. The molecule has 2 aromatic rings. The zero-order valence-corrected chi connectivity index (χ0v) is 12.5. The van der Waals surface area contributed by atoms with Crippen LogP contribution in [0.4, 0.5) is 10.1 Å². The molecule has 0 aromatic heterocycles. The number of hydrogen-bond donors (Lipinski definition) is 1. The van der Waals surface area contributed by atoms with E-state index in [1.807, 2.05) is 6.07 Å². The van der Waals surface area contributed by atoms with Crippen molar-refractivity contribution in [3.05, 3.63) is 70.0 Å². The Balaban J connectivity index is 2.26. The molecule has 0 heterocycles. The summed E-state index contributed by atoms with van der Waals surface area (Å²) in [6, 6.07) is 12.9. The fourth-order valence-corrected chi connectivity index (χ4v) is 2.01. The van der Waals surface area contributed by atoms with Gasteiger partial charge in [0.15, 0.2) is 0 Å². The Labute approximate surface area is 132 Å². The van der Waals surface area contributed by atoms with Crippen LogP contribution in [0.15, 0.2) is 48.0 Å². The van der Waals surface area contributed by atoms with Gasteiger partial charge in [-0.05, 0) is 48.4 Å². The van der Waals surface area contributed by atoms with Gasteiger partial charge in [0.2, 0.25) is 0 Å². The Hall–Kier alpha value is -2.64. The predicted molar refractivity (Wildman–Crippen MR) is 84.8 cm³/mol. The predicted octanol–water partition coefficient (Wildman–Crippen LogP) is 4.33. The zero-order valence-electron chi connectivity index (χ0n) is 11.7. The molecule has 0 spiro atoms. The number of aryl methyl sites for hydroxylation is 1. The van der Waals surface area contributed by atoms with Gasteiger partial charge < -0.3 is 5.32 Å². The number of anilines is 1. The lowest BCUT2D eigenvalue weighted by Gasteiger charge is -2.06. The van der Waals surface area contributed by atoms with E-state index in [0.29, 0.717) is 21.8 Å². The van der Waals surface area contributed by atoms with E-state index in [4.69, 9.17) is 16.9 Å². The van der Waals surface area contributed by atoms with Gasteiger partial charge in [0.05, 0.1) is 10.7 Å². The smallest absolute Gasteiger partial charge is 0.266 e. The van der Waals surface area contributed by atoms with Crippen molar-refractivity contribution >= 4 is 29.3 Å². The van der Waals surface area contributed by atoms with Gasteiger partial charge in [-0.2, -0.15) is 5.26 Å². The zero-order chi connectivity index (χ0) is 16.1. The summed E-state index contributed by atoms with van der Waals surface area (Å²) in [5, 5.41) is 12.1. The van der Waals surface area contributed by atoms with Crippen molar-refractivity contribution in [2.45, 2.75) is 6.92 Å². The summed E-state index contributed by atoms with van der Waals surface area (Å²) < 4.78 is 13.2. The Morgan fingerprint density at radius 1 is 1.32 bits per heavy atom. The SMILES string of the molecule is Cc1cc(C=C(C#N)C(=O)Nc2ccccc2Cl)ccc1F. The third-order valence-electron chi connectivity index (χ3n) is 2.98. The van der Waals surface area contributed by atoms with Crippen LogP contribution in [0.3, 0.4) is 0 Å². The van der Waals surface area contributed by atoms with Gasteiger partial charge in [-0.1, -0.05) is 29.8 Å². The lowest BCUT2D eigenvalue weighted by molar-refractivity contribution is -0.112. The van der Waals surface area contributed by atoms with Gasteiger partial charge in [0, 0.05) is 0 Å². The van der Waals surface area contributed by atoms with Gasteiger partial charge in [-0.3, -0.25) is 4.79 Å². The van der Waals surface area contributed by atoms with E-state index in [9.17, 15) is 9.18 Å². The Kier molecular flexibility index (Phi) is 4.92. The van der Waals surface area contributed by atoms with Crippen molar-refractivity contribution < 1.29 is 9.18 Å². The van der Waals surface area contributed by atoms with E-state index in [1.54, 1.807) is 37.3 Å². The molecule has 22 heavy (non-hydrogen) atoms. The first-order chi connectivity index (χ1) is 10.5. The molecular formula is C17H12ClFN2O. The molecule has 3 nitrogen and oxygen atoms in total. The average Bonchev–Trinajstić information content (AvgIpc) is 2.50. The van der Waals surface area contributed by atoms with Crippen LogP contribution in [-0.2, 0) is 4.79 Å². The normalized spacial score (nSPS) is 10.9. The van der Waals surface area contributed by atoms with Gasteiger partial charge >= 0.3 is 0 Å². The minimum Gasteiger partial charge on any atom is -0.320 e. The molecule has 0 bridgehead atoms. The molecule has 0 atom stereocenters. The lowest BCUT2D eigenvalue weighted by Crippen LogP contribution is -2.13. The number of carbonyl (C=O) groups excluding carboxylic acids is 1. The van der Waals surface area contributed by atoms with Gasteiger partial charge in [0.25, 0.3) is 5.91 Å². The van der Waals surface area contributed by atoms with E-state index >= 15 is 0 Å². The van der Waals surface area contributed by atoms with Crippen LogP contribution in [0, 0.1) is 24.1 Å². The van der Waals surface area contributed by atoms with Crippen LogP contribution in [0.5, 0.6) is 0 Å². The number of rotatable bonds is 3. The third kappa shape index (κ3) is 3.72. The highest BCUT2D eigenvalue weighted by Crippen LogP contribution is 2.21. The fourth-order valence-electron chi connectivity index (χ4n) is 1.83. The highest BCUT2D eigenvalue weighted by atomic mass is 35.5. The molecule has 0 aliphatic heterocycles. The molecule has 0 unspecified atom stereocenters. The molecule has 0 aliphatic rings. The van der Waals surface area contributed by atoms with Crippen LogP contribution >= 0.6 is 11.6 Å². The largest absolute Gasteiger partial charge is 0.320 e. The van der Waals surface area contributed by atoms with E-state index in [-0.39, 0.29) is 11.4 Å². The molecule has 0 saturated heterocycles. The molecule has 110 valence electrons. The molecular weight excluding hydrogens is 303 g/mol. The number of hydrogen-bond acceptors (Lipinski definition) is 2. The number of amides is 1. The van der Waals surface area contributed by atoms with Crippen LogP contribution in [0.25, 0.3) is 6.08 Å². The van der Waals surface area contributed by atoms with E-state index in [1.165, 1.54) is 18.2 Å². The number of halogens is 2. The summed E-state index contributed by atoms with van der Waals surface area (Å²) >= 11 is 5.96. The summed E-state index contributed by atoms with van der Waals surface area (Å²) in [5.74, 6) is -0.909. The van der Waals surface area contributed by atoms with Crippen molar-refractivity contribution in [2.75, 3.05) is 5.32 Å². The highest BCUT2D eigenvalue weighted by Gasteiger charge is 2.11. The number of benzene rings is 2. The fraction of sp³-hybridized carbons (Fsp3) is 0.0588. The number of nitrogens with one attached hydrogen (secondary N) is 1. The van der Waals surface area contributed by atoms with Crippen molar-refractivity contribution in [1.82, 2.24) is 0 Å². The molecule has 1 amide bonds. The van der Waals surface area contributed by atoms with E-state index < -0.39 is 5.91 Å². The van der Waals surface area contributed by atoms with Gasteiger partial charge in [0.1, 0.15) is 17.5 Å². The average molecular weight is 315 g/mol. The second-order valence-corrected chi connectivity index (χ2v) is 5.02. The van der Waals surface area contributed by atoms with Crippen molar-refractivity contribution in [3.8, 4) is 6.07 Å². The Morgan fingerprint density at radius 2 is 2.05 bits per heavy atom. The summed E-state index contributed by atoms with van der Waals surface area (Å²) in [6.07, 6.45) is 1.40. The monoisotopic (exact) mass is 314 g/mol. The first-order valence-corrected chi connectivity index (χ1v) is 6.83. The molecule has 2 rings (SSSR count). The summed E-state index contributed by atoms with van der Waals surface area (Å²) in [5.41, 5.74) is 1.35. The number of para-hydroxylation sites is 1. The molecule has 0 saturated carbocycles. The molecule has 0 fully saturated rings. The maximum Gasteiger partial charge on any atom is 0.266 e. The van der Waals surface area contributed by atoms with Crippen molar-refractivity contribution in [2.24, 2.45) is 0 Å². The second kappa shape index (κ2) is 6.88. The summed E-state index contributed by atoms with van der Waals surface area (Å²) in [7, 11) is 0. The maximum absolute atomic E-state index is 13.2. The van der Waals surface area contributed by atoms with Crippen LogP contribution in [0.1, 0.15) is 11.1 Å². The number of nitrogens with zero attached hydrogens (tertiary/aromatic N) is 1. The second-order valence-electron chi connectivity index (χ2n) is 4.61. The Bertz CT molecular complexity index is 793. The van der Waals surface area contributed by atoms with E-state index in [0.717, 1.165) is 0 Å². The molecule has 0 aliphatic carbocycles. The summed E-state index contributed by atoms with van der Waals surface area (Å²) in [6.45, 7) is 1.61. The third-order valence-corrected chi connectivity index (χ3v) is 3.31. The van der Waals surface area contributed by atoms with Gasteiger partial charge in [-0.25, -0.2) is 4.39 Å². The number of nitriles is 1. The minimum absolute atomic E-state index is 0.0917. The standard InChI is InChI=1S/C17H12ClFN2O/c1-11-8-12(6-7-15(11)19)9-13(10-20)17(22)21-16-5-3-2-4-14(16)18/h2-9H,1H3,(H,21,22). The first kappa shape index (κ1) is 15.7. The quantitative estimate of drug-likeness (QED) is 0.677. The first-order valence-electron chi connectivity index (χ1n) is 6.45. The molecule has 1 N–H and O–H groups in total. The van der Waals surface area contributed by atoms with Crippen molar-refractivity contribution in [3.63, 3.8) is 0 Å². The summed E-state index contributed by atoms with van der Waals surface area (Å²) in [4.78, 5) is 12.1. The van der Waals surface area contributed by atoms with Crippen LogP contribution < -0.4 is 5.32 Å². The molecule has 0 radical (unpaired) electrons. The van der Waals surface area contributed by atoms with Crippen molar-refractivity contribution in [1.29, 1.82) is 5.26 Å². The Morgan fingerprint density at radius 3 is 2.68 bits per heavy atom.